The highest BCUT2D eigenvalue weighted by molar-refractivity contribution is 6.42. The monoisotopic (exact) mass is 369 g/mol. The minimum atomic E-state index is -0.160. The van der Waals surface area contributed by atoms with Crippen LogP contribution in [0.3, 0.4) is 0 Å². The van der Waals surface area contributed by atoms with Crippen molar-refractivity contribution in [1.29, 1.82) is 0 Å². The Balaban J connectivity index is 1.68. The molecule has 0 aliphatic carbocycles. The number of hydrogen-bond acceptors (Lipinski definition) is 1. The zero-order valence-electron chi connectivity index (χ0n) is 13.7. The van der Waals surface area contributed by atoms with E-state index in [0.29, 0.717) is 10.0 Å². The Hall–Kier alpha value is -2.29. The number of nitrogens with one attached hydrogen (secondary N) is 1. The molecule has 3 aromatic rings. The summed E-state index contributed by atoms with van der Waals surface area (Å²) in [4.78, 5) is 12.2. The van der Waals surface area contributed by atoms with Crippen LogP contribution in [-0.2, 0) is 4.79 Å². The Bertz CT molecular complexity index is 950. The number of carbonyl (C=O) groups excluding carboxylic acids is 1. The molecule has 126 valence electrons. The summed E-state index contributed by atoms with van der Waals surface area (Å²) < 4.78 is 0. The van der Waals surface area contributed by atoms with E-state index in [1.165, 1.54) is 11.5 Å². The van der Waals surface area contributed by atoms with Gasteiger partial charge in [-0.1, -0.05) is 65.7 Å². The molecule has 0 heterocycles. The van der Waals surface area contributed by atoms with E-state index < -0.39 is 0 Å². The number of fused-ring (bicyclic) bond motifs is 1. The lowest BCUT2D eigenvalue weighted by atomic mass is 10.0. The number of halogens is 2. The minimum Gasteiger partial charge on any atom is -0.346 e. The summed E-state index contributed by atoms with van der Waals surface area (Å²) in [6, 6.07) is 19.5. The third-order valence-electron chi connectivity index (χ3n) is 4.00. The largest absolute Gasteiger partial charge is 0.346 e. The third kappa shape index (κ3) is 4.41. The molecule has 2 nitrogen and oxygen atoms in total. The van der Waals surface area contributed by atoms with Crippen molar-refractivity contribution >= 4 is 46.0 Å². The highest BCUT2D eigenvalue weighted by atomic mass is 35.5. The fourth-order valence-electron chi connectivity index (χ4n) is 2.61. The van der Waals surface area contributed by atoms with Gasteiger partial charge < -0.3 is 5.32 Å². The predicted molar refractivity (Wildman–Crippen MR) is 106 cm³/mol. The van der Waals surface area contributed by atoms with Crippen molar-refractivity contribution < 1.29 is 4.79 Å². The van der Waals surface area contributed by atoms with Gasteiger partial charge in [-0.15, -0.1) is 0 Å². The average molecular weight is 370 g/mol. The van der Waals surface area contributed by atoms with Crippen molar-refractivity contribution in [2.24, 2.45) is 0 Å². The van der Waals surface area contributed by atoms with Crippen molar-refractivity contribution in [2.75, 3.05) is 0 Å². The molecule has 0 spiro atoms. The van der Waals surface area contributed by atoms with Crippen LogP contribution in [0.5, 0.6) is 0 Å². The maximum absolute atomic E-state index is 12.2. The molecule has 1 N–H and O–H groups in total. The van der Waals surface area contributed by atoms with Gasteiger partial charge in [0.1, 0.15) is 0 Å². The Morgan fingerprint density at radius 3 is 2.48 bits per heavy atom. The molecule has 0 bridgehead atoms. The van der Waals surface area contributed by atoms with Crippen LogP contribution in [0.4, 0.5) is 0 Å². The quantitative estimate of drug-likeness (QED) is 0.558. The second-order valence-electron chi connectivity index (χ2n) is 5.84. The fourth-order valence-corrected chi connectivity index (χ4v) is 2.92. The minimum absolute atomic E-state index is 0.0874. The van der Waals surface area contributed by atoms with Crippen molar-refractivity contribution in [3.8, 4) is 0 Å². The number of amides is 1. The number of carbonyl (C=O) groups is 1. The molecule has 25 heavy (non-hydrogen) atoms. The number of benzene rings is 3. The molecule has 1 atom stereocenters. The molecular weight excluding hydrogens is 353 g/mol. The molecule has 0 saturated heterocycles. The standard InChI is InChI=1S/C21H17Cl2NO/c1-14(17-9-8-16-4-2-3-5-18(16)13-17)24-21(25)11-7-15-6-10-19(22)20(23)12-15/h2-14H,1H3,(H,24,25)/t14-/m0/s1. The highest BCUT2D eigenvalue weighted by Gasteiger charge is 2.08. The first-order chi connectivity index (χ1) is 12.0. The lowest BCUT2D eigenvalue weighted by molar-refractivity contribution is -0.117. The van der Waals surface area contributed by atoms with Gasteiger partial charge in [-0.3, -0.25) is 4.79 Å². The molecular formula is C21H17Cl2NO. The van der Waals surface area contributed by atoms with E-state index in [2.05, 4.69) is 29.6 Å². The maximum Gasteiger partial charge on any atom is 0.244 e. The van der Waals surface area contributed by atoms with Crippen molar-refractivity contribution in [2.45, 2.75) is 13.0 Å². The summed E-state index contributed by atoms with van der Waals surface area (Å²) >= 11 is 11.9. The molecule has 0 saturated carbocycles. The predicted octanol–water partition coefficient (Wildman–Crippen LogP) is 6.04. The number of hydrogen-bond donors (Lipinski definition) is 1. The van der Waals surface area contributed by atoms with Gasteiger partial charge >= 0.3 is 0 Å². The Kier molecular flexibility index (Phi) is 5.42. The molecule has 3 rings (SSSR count). The first-order valence-electron chi connectivity index (χ1n) is 7.95. The SMILES string of the molecule is C[C@H](NC(=O)C=Cc1ccc(Cl)c(Cl)c1)c1ccc2ccccc2c1. The lowest BCUT2D eigenvalue weighted by Gasteiger charge is -2.14. The summed E-state index contributed by atoms with van der Waals surface area (Å²) in [7, 11) is 0. The van der Waals surface area contributed by atoms with Gasteiger partial charge in [0.25, 0.3) is 0 Å². The van der Waals surface area contributed by atoms with Gasteiger partial charge in [-0.2, -0.15) is 0 Å². The maximum atomic E-state index is 12.2. The molecule has 0 aliphatic heterocycles. The molecule has 0 unspecified atom stereocenters. The molecule has 0 aliphatic rings. The van der Waals surface area contributed by atoms with Crippen LogP contribution in [0.25, 0.3) is 16.8 Å². The Morgan fingerprint density at radius 2 is 1.72 bits per heavy atom. The average Bonchev–Trinajstić information content (AvgIpc) is 2.62. The molecule has 4 heteroatoms. The van der Waals surface area contributed by atoms with Gasteiger partial charge in [0, 0.05) is 6.08 Å². The van der Waals surface area contributed by atoms with Gasteiger partial charge in [0.2, 0.25) is 5.91 Å². The summed E-state index contributed by atoms with van der Waals surface area (Å²) in [5.41, 5.74) is 1.89. The van der Waals surface area contributed by atoms with Gasteiger partial charge in [-0.25, -0.2) is 0 Å². The van der Waals surface area contributed by atoms with Gasteiger partial charge in [-0.05, 0) is 53.1 Å². The van der Waals surface area contributed by atoms with Crippen LogP contribution in [0, 0.1) is 0 Å². The van der Waals surface area contributed by atoms with Crippen LogP contribution in [0.15, 0.2) is 66.7 Å². The van der Waals surface area contributed by atoms with Crippen LogP contribution in [-0.4, -0.2) is 5.91 Å². The molecule has 0 fully saturated rings. The summed E-state index contributed by atoms with van der Waals surface area (Å²) in [6.45, 7) is 1.97. The zero-order chi connectivity index (χ0) is 17.8. The van der Waals surface area contributed by atoms with Crippen molar-refractivity contribution in [1.82, 2.24) is 5.32 Å². The van der Waals surface area contributed by atoms with Crippen molar-refractivity contribution in [3.05, 3.63) is 87.9 Å². The summed E-state index contributed by atoms with van der Waals surface area (Å²) in [5.74, 6) is -0.160. The molecule has 3 aromatic carbocycles. The summed E-state index contributed by atoms with van der Waals surface area (Å²) in [5, 5.41) is 6.28. The summed E-state index contributed by atoms with van der Waals surface area (Å²) in [6.07, 6.45) is 3.21. The zero-order valence-corrected chi connectivity index (χ0v) is 15.2. The second-order valence-corrected chi connectivity index (χ2v) is 6.66. The first kappa shape index (κ1) is 17.5. The molecule has 1 amide bonds. The smallest absolute Gasteiger partial charge is 0.244 e. The second kappa shape index (κ2) is 7.73. The van der Waals surface area contributed by atoms with Gasteiger partial charge in [0.15, 0.2) is 0 Å². The van der Waals surface area contributed by atoms with E-state index in [-0.39, 0.29) is 11.9 Å². The highest BCUT2D eigenvalue weighted by Crippen LogP contribution is 2.23. The third-order valence-corrected chi connectivity index (χ3v) is 4.74. The van der Waals surface area contributed by atoms with Gasteiger partial charge in [0.05, 0.1) is 16.1 Å². The van der Waals surface area contributed by atoms with E-state index in [1.54, 1.807) is 18.2 Å². The van der Waals surface area contributed by atoms with E-state index in [4.69, 9.17) is 23.2 Å². The number of rotatable bonds is 4. The van der Waals surface area contributed by atoms with Crippen molar-refractivity contribution in [3.63, 3.8) is 0 Å². The normalized spacial score (nSPS) is 12.4. The topological polar surface area (TPSA) is 29.1 Å². The molecule has 0 aromatic heterocycles. The van der Waals surface area contributed by atoms with Crippen LogP contribution in [0.1, 0.15) is 24.1 Å². The van der Waals surface area contributed by atoms with E-state index in [1.807, 2.05) is 31.2 Å². The Labute approximate surface area is 157 Å². The van der Waals surface area contributed by atoms with E-state index in [9.17, 15) is 4.79 Å². The lowest BCUT2D eigenvalue weighted by Crippen LogP contribution is -2.24. The van der Waals surface area contributed by atoms with Crippen LogP contribution < -0.4 is 5.32 Å². The first-order valence-corrected chi connectivity index (χ1v) is 8.71. The Morgan fingerprint density at radius 1 is 0.960 bits per heavy atom. The van der Waals surface area contributed by atoms with Crippen LogP contribution in [0.2, 0.25) is 10.0 Å². The van der Waals surface area contributed by atoms with E-state index >= 15 is 0 Å². The fraction of sp³-hybridized carbons (Fsp3) is 0.0952. The molecule has 0 radical (unpaired) electrons. The van der Waals surface area contributed by atoms with Crippen LogP contribution >= 0.6 is 23.2 Å². The van der Waals surface area contributed by atoms with E-state index in [0.717, 1.165) is 16.5 Å².